The van der Waals surface area contributed by atoms with Gasteiger partial charge in [-0.1, -0.05) is 42.5 Å². The molecule has 1 N–H and O–H groups in total. The summed E-state index contributed by atoms with van der Waals surface area (Å²) in [6, 6.07) is 14.5. The fraction of sp³-hybridized carbons (Fsp3) is 0.263. The van der Waals surface area contributed by atoms with Crippen molar-refractivity contribution in [3.05, 3.63) is 66.0 Å². The first-order valence-electron chi connectivity index (χ1n) is 7.95. The molecule has 116 valence electrons. The first-order valence-corrected chi connectivity index (χ1v) is 7.95. The maximum Gasteiger partial charge on any atom is 0.224 e. The predicted octanol–water partition coefficient (Wildman–Crippen LogP) is 2.99. The minimum atomic E-state index is 0.0918. The Bertz CT molecular complexity index is 862. The molecule has 1 amide bonds. The molecule has 1 fully saturated rings. The van der Waals surface area contributed by atoms with Crippen molar-refractivity contribution in [2.45, 2.75) is 18.9 Å². The molecule has 1 heterocycles. The van der Waals surface area contributed by atoms with E-state index in [-0.39, 0.29) is 11.8 Å². The highest BCUT2D eigenvalue weighted by Crippen LogP contribution is 2.47. The Morgan fingerprint density at radius 1 is 1.26 bits per heavy atom. The number of amides is 1. The molecule has 1 aliphatic rings. The Morgan fingerprint density at radius 2 is 2.09 bits per heavy atom. The van der Waals surface area contributed by atoms with E-state index in [9.17, 15) is 4.79 Å². The Morgan fingerprint density at radius 3 is 2.91 bits per heavy atom. The molecule has 0 spiro atoms. The lowest BCUT2D eigenvalue weighted by Gasteiger charge is -2.08. The summed E-state index contributed by atoms with van der Waals surface area (Å²) in [6.07, 6.45) is 4.79. The highest BCUT2D eigenvalue weighted by molar-refractivity contribution is 5.87. The van der Waals surface area contributed by atoms with Gasteiger partial charge in [0.25, 0.3) is 0 Å². The van der Waals surface area contributed by atoms with Crippen molar-refractivity contribution >= 4 is 16.7 Å². The number of hydrogen-bond donors (Lipinski definition) is 1. The van der Waals surface area contributed by atoms with Crippen molar-refractivity contribution in [2.24, 2.45) is 13.0 Å². The Labute approximate surface area is 135 Å². The Balaban J connectivity index is 1.42. The number of rotatable bonds is 4. The van der Waals surface area contributed by atoms with Crippen LogP contribution in [0.5, 0.6) is 0 Å². The molecule has 1 aromatic heterocycles. The van der Waals surface area contributed by atoms with Gasteiger partial charge in [0.1, 0.15) is 0 Å². The summed E-state index contributed by atoms with van der Waals surface area (Å²) < 4.78 is 1.79. The molecule has 1 saturated carbocycles. The monoisotopic (exact) mass is 305 g/mol. The lowest BCUT2D eigenvalue weighted by Crippen LogP contribution is -2.24. The number of nitrogens with one attached hydrogen (secondary N) is 1. The minimum Gasteiger partial charge on any atom is -0.352 e. The molecule has 1 aliphatic carbocycles. The second kappa shape index (κ2) is 5.54. The molecule has 4 heteroatoms. The summed E-state index contributed by atoms with van der Waals surface area (Å²) >= 11 is 0. The standard InChI is InChI=1S/C19H19N3O/c1-22-12-15(11-21-22)17-9-18(17)19(23)20-10-14-7-4-6-13-5-2-3-8-16(13)14/h2-8,11-12,17-18H,9-10H2,1H3,(H,20,23)/t17-,18-/m0/s1. The van der Waals surface area contributed by atoms with Crippen molar-refractivity contribution in [1.29, 1.82) is 0 Å². The molecule has 0 bridgehead atoms. The van der Waals surface area contributed by atoms with Crippen LogP contribution in [0.3, 0.4) is 0 Å². The van der Waals surface area contributed by atoms with Gasteiger partial charge in [-0.3, -0.25) is 9.48 Å². The molecule has 2 atom stereocenters. The SMILES string of the molecule is Cn1cc([C@@H]2C[C@@H]2C(=O)NCc2cccc3ccccc23)cn1. The second-order valence-electron chi connectivity index (χ2n) is 6.25. The van der Waals surface area contributed by atoms with Gasteiger partial charge >= 0.3 is 0 Å². The van der Waals surface area contributed by atoms with Gasteiger partial charge in [-0.2, -0.15) is 5.10 Å². The van der Waals surface area contributed by atoms with Crippen LogP contribution in [0.1, 0.15) is 23.5 Å². The summed E-state index contributed by atoms with van der Waals surface area (Å²) in [4.78, 5) is 12.4. The number of nitrogens with zero attached hydrogens (tertiary/aromatic N) is 2. The number of aromatic nitrogens is 2. The molecular formula is C19H19N3O. The van der Waals surface area contributed by atoms with Crippen LogP contribution in [0.15, 0.2) is 54.9 Å². The maximum atomic E-state index is 12.4. The zero-order valence-corrected chi connectivity index (χ0v) is 13.1. The Kier molecular flexibility index (Phi) is 3.37. The van der Waals surface area contributed by atoms with Crippen LogP contribution in [-0.2, 0) is 18.4 Å². The quantitative estimate of drug-likeness (QED) is 0.805. The molecule has 23 heavy (non-hydrogen) atoms. The highest BCUT2D eigenvalue weighted by atomic mass is 16.2. The lowest BCUT2D eigenvalue weighted by molar-refractivity contribution is -0.122. The van der Waals surface area contributed by atoms with E-state index in [1.54, 1.807) is 4.68 Å². The lowest BCUT2D eigenvalue weighted by atomic mass is 10.0. The molecule has 0 unspecified atom stereocenters. The van der Waals surface area contributed by atoms with Crippen molar-refractivity contribution in [3.63, 3.8) is 0 Å². The van der Waals surface area contributed by atoms with Gasteiger partial charge in [-0.25, -0.2) is 0 Å². The fourth-order valence-corrected chi connectivity index (χ4v) is 3.24. The summed E-state index contributed by atoms with van der Waals surface area (Å²) in [5, 5.41) is 9.69. The van der Waals surface area contributed by atoms with Gasteiger partial charge in [-0.05, 0) is 34.2 Å². The molecule has 3 aromatic rings. The smallest absolute Gasteiger partial charge is 0.224 e. The van der Waals surface area contributed by atoms with Crippen LogP contribution in [0, 0.1) is 5.92 Å². The van der Waals surface area contributed by atoms with E-state index in [0.29, 0.717) is 12.5 Å². The van der Waals surface area contributed by atoms with E-state index in [1.807, 2.05) is 37.6 Å². The molecule has 4 nitrogen and oxygen atoms in total. The van der Waals surface area contributed by atoms with Crippen LogP contribution < -0.4 is 5.32 Å². The third kappa shape index (κ3) is 2.72. The zero-order chi connectivity index (χ0) is 15.8. The number of fused-ring (bicyclic) bond motifs is 1. The van der Waals surface area contributed by atoms with Crippen molar-refractivity contribution in [1.82, 2.24) is 15.1 Å². The maximum absolute atomic E-state index is 12.4. The third-order valence-electron chi connectivity index (χ3n) is 4.61. The third-order valence-corrected chi connectivity index (χ3v) is 4.61. The summed E-state index contributed by atoms with van der Waals surface area (Å²) in [6.45, 7) is 0.580. The molecule has 0 saturated heterocycles. The van der Waals surface area contributed by atoms with Crippen LogP contribution >= 0.6 is 0 Å². The van der Waals surface area contributed by atoms with Gasteiger partial charge < -0.3 is 5.32 Å². The van der Waals surface area contributed by atoms with Crippen LogP contribution in [0.2, 0.25) is 0 Å². The van der Waals surface area contributed by atoms with E-state index >= 15 is 0 Å². The molecule has 0 radical (unpaired) electrons. The first-order chi connectivity index (χ1) is 11.2. The zero-order valence-electron chi connectivity index (χ0n) is 13.1. The molecule has 2 aromatic carbocycles. The van der Waals surface area contributed by atoms with Crippen LogP contribution in [-0.4, -0.2) is 15.7 Å². The van der Waals surface area contributed by atoms with Crippen molar-refractivity contribution in [2.75, 3.05) is 0 Å². The van der Waals surface area contributed by atoms with Crippen molar-refractivity contribution < 1.29 is 4.79 Å². The molecular weight excluding hydrogens is 286 g/mol. The molecule has 0 aliphatic heterocycles. The van der Waals surface area contributed by atoms with E-state index in [1.165, 1.54) is 10.8 Å². The average Bonchev–Trinajstić information content (AvgIpc) is 3.27. The van der Waals surface area contributed by atoms with Crippen molar-refractivity contribution in [3.8, 4) is 0 Å². The number of benzene rings is 2. The second-order valence-corrected chi connectivity index (χ2v) is 6.25. The van der Waals surface area contributed by atoms with E-state index in [2.05, 4.69) is 34.7 Å². The Hall–Kier alpha value is -2.62. The van der Waals surface area contributed by atoms with Crippen LogP contribution in [0.4, 0.5) is 0 Å². The van der Waals surface area contributed by atoms with E-state index in [0.717, 1.165) is 17.5 Å². The minimum absolute atomic E-state index is 0.0918. The van der Waals surface area contributed by atoms with Gasteiger partial charge in [0, 0.05) is 25.7 Å². The normalized spacial score (nSPS) is 19.7. The summed E-state index contributed by atoms with van der Waals surface area (Å²) in [5.74, 6) is 0.567. The summed E-state index contributed by atoms with van der Waals surface area (Å²) in [5.41, 5.74) is 2.33. The number of hydrogen-bond acceptors (Lipinski definition) is 2. The van der Waals surface area contributed by atoms with Crippen LogP contribution in [0.25, 0.3) is 10.8 Å². The van der Waals surface area contributed by atoms with Gasteiger partial charge in [0.05, 0.1) is 6.20 Å². The molecule has 4 rings (SSSR count). The topological polar surface area (TPSA) is 46.9 Å². The van der Waals surface area contributed by atoms with Gasteiger partial charge in [0.2, 0.25) is 5.91 Å². The van der Waals surface area contributed by atoms with E-state index < -0.39 is 0 Å². The van der Waals surface area contributed by atoms with E-state index in [4.69, 9.17) is 0 Å². The number of aryl methyl sites for hydroxylation is 1. The average molecular weight is 305 g/mol. The summed E-state index contributed by atoms with van der Waals surface area (Å²) in [7, 11) is 1.90. The van der Waals surface area contributed by atoms with Gasteiger partial charge in [0.15, 0.2) is 0 Å². The van der Waals surface area contributed by atoms with Gasteiger partial charge in [-0.15, -0.1) is 0 Å². The highest BCUT2D eigenvalue weighted by Gasteiger charge is 2.44. The largest absolute Gasteiger partial charge is 0.352 e. The number of carbonyl (C=O) groups is 1. The number of carbonyl (C=O) groups excluding carboxylic acids is 1. The predicted molar refractivity (Wildman–Crippen MR) is 89.9 cm³/mol. The first kappa shape index (κ1) is 14.0. The fourth-order valence-electron chi connectivity index (χ4n) is 3.24.